The predicted molar refractivity (Wildman–Crippen MR) is 92.4 cm³/mol. The number of nitrogens with one attached hydrogen (secondary N) is 2. The van der Waals surface area contributed by atoms with Crippen molar-refractivity contribution < 1.29 is 9.90 Å². The SMILES string of the molecule is CSC1CCC(NC(=O)NCC(CCO)c2ccccc2)C1. The van der Waals surface area contributed by atoms with Gasteiger partial charge in [-0.3, -0.25) is 0 Å². The third-order valence-corrected chi connectivity index (χ3v) is 5.41. The van der Waals surface area contributed by atoms with Crippen molar-refractivity contribution in [2.75, 3.05) is 19.4 Å². The van der Waals surface area contributed by atoms with Crippen LogP contribution in [0.3, 0.4) is 0 Å². The van der Waals surface area contributed by atoms with Crippen molar-refractivity contribution in [2.24, 2.45) is 0 Å². The number of aliphatic hydroxyl groups excluding tert-OH is 1. The van der Waals surface area contributed by atoms with E-state index >= 15 is 0 Å². The Bertz CT molecular complexity index is 455. The summed E-state index contributed by atoms with van der Waals surface area (Å²) >= 11 is 1.89. The minimum absolute atomic E-state index is 0.0920. The van der Waals surface area contributed by atoms with Crippen LogP contribution in [0.15, 0.2) is 30.3 Å². The summed E-state index contributed by atoms with van der Waals surface area (Å²) in [7, 11) is 0. The fraction of sp³-hybridized carbons (Fsp3) is 0.588. The summed E-state index contributed by atoms with van der Waals surface area (Å²) in [6, 6.07) is 10.2. The van der Waals surface area contributed by atoms with Gasteiger partial charge in [-0.1, -0.05) is 30.3 Å². The van der Waals surface area contributed by atoms with E-state index in [1.807, 2.05) is 42.1 Å². The number of aliphatic hydroxyl groups is 1. The van der Waals surface area contributed by atoms with Gasteiger partial charge in [0, 0.05) is 30.4 Å². The van der Waals surface area contributed by atoms with E-state index in [0.717, 1.165) is 18.4 Å². The number of benzene rings is 1. The lowest BCUT2D eigenvalue weighted by molar-refractivity contribution is 0.234. The molecule has 3 N–H and O–H groups in total. The molecule has 0 radical (unpaired) electrons. The minimum Gasteiger partial charge on any atom is -0.396 e. The van der Waals surface area contributed by atoms with E-state index in [2.05, 4.69) is 16.9 Å². The molecule has 1 aromatic rings. The molecule has 0 aromatic heterocycles. The fourth-order valence-corrected chi connectivity index (χ4v) is 3.80. The molecule has 5 heteroatoms. The average molecular weight is 322 g/mol. The van der Waals surface area contributed by atoms with Gasteiger partial charge in [0.25, 0.3) is 0 Å². The van der Waals surface area contributed by atoms with E-state index in [1.165, 1.54) is 6.42 Å². The van der Waals surface area contributed by atoms with Crippen LogP contribution < -0.4 is 10.6 Å². The molecule has 3 unspecified atom stereocenters. The summed E-state index contributed by atoms with van der Waals surface area (Å²) in [5, 5.41) is 15.9. The van der Waals surface area contributed by atoms with Gasteiger partial charge in [-0.2, -0.15) is 11.8 Å². The minimum atomic E-state index is -0.0920. The van der Waals surface area contributed by atoms with Crippen molar-refractivity contribution in [1.29, 1.82) is 0 Å². The van der Waals surface area contributed by atoms with E-state index in [-0.39, 0.29) is 18.6 Å². The molecule has 0 heterocycles. The number of thioether (sulfide) groups is 1. The molecule has 2 amide bonds. The number of carbonyl (C=O) groups excluding carboxylic acids is 1. The maximum absolute atomic E-state index is 12.0. The molecular weight excluding hydrogens is 296 g/mol. The molecule has 1 aliphatic carbocycles. The van der Waals surface area contributed by atoms with Gasteiger partial charge in [-0.05, 0) is 37.5 Å². The summed E-state index contributed by atoms with van der Waals surface area (Å²) < 4.78 is 0. The maximum atomic E-state index is 12.0. The molecule has 1 saturated carbocycles. The Morgan fingerprint density at radius 2 is 2.14 bits per heavy atom. The summed E-state index contributed by atoms with van der Waals surface area (Å²) in [6.07, 6.45) is 6.10. The van der Waals surface area contributed by atoms with Crippen LogP contribution in [0.1, 0.15) is 37.2 Å². The quantitative estimate of drug-likeness (QED) is 0.723. The zero-order valence-corrected chi connectivity index (χ0v) is 13.9. The first-order valence-corrected chi connectivity index (χ1v) is 9.24. The smallest absolute Gasteiger partial charge is 0.315 e. The average Bonchev–Trinajstić information content (AvgIpc) is 3.00. The maximum Gasteiger partial charge on any atom is 0.315 e. The van der Waals surface area contributed by atoms with Crippen LogP contribution >= 0.6 is 11.8 Å². The second-order valence-electron chi connectivity index (χ2n) is 5.84. The van der Waals surface area contributed by atoms with Gasteiger partial charge < -0.3 is 15.7 Å². The molecule has 0 saturated heterocycles. The molecule has 4 nitrogen and oxygen atoms in total. The van der Waals surface area contributed by atoms with Crippen LogP contribution in [0, 0.1) is 0 Å². The van der Waals surface area contributed by atoms with Gasteiger partial charge in [-0.25, -0.2) is 4.79 Å². The van der Waals surface area contributed by atoms with Crippen molar-refractivity contribution in [2.45, 2.75) is 42.9 Å². The Hall–Kier alpha value is -1.20. The Morgan fingerprint density at radius 1 is 1.36 bits per heavy atom. The normalized spacial score (nSPS) is 22.3. The number of hydrogen-bond donors (Lipinski definition) is 3. The third kappa shape index (κ3) is 5.21. The van der Waals surface area contributed by atoms with Gasteiger partial charge >= 0.3 is 6.03 Å². The second kappa shape index (κ2) is 9.06. The van der Waals surface area contributed by atoms with E-state index in [1.54, 1.807) is 0 Å². The Morgan fingerprint density at radius 3 is 2.77 bits per heavy atom. The monoisotopic (exact) mass is 322 g/mol. The summed E-state index contributed by atoms with van der Waals surface area (Å²) in [5.41, 5.74) is 1.15. The second-order valence-corrected chi connectivity index (χ2v) is 6.98. The molecule has 1 aliphatic rings. The van der Waals surface area contributed by atoms with Gasteiger partial charge in [0.2, 0.25) is 0 Å². The van der Waals surface area contributed by atoms with Crippen molar-refractivity contribution in [3.63, 3.8) is 0 Å². The highest BCUT2D eigenvalue weighted by molar-refractivity contribution is 7.99. The molecule has 2 rings (SSSR count). The van der Waals surface area contributed by atoms with Crippen molar-refractivity contribution in [3.8, 4) is 0 Å². The first-order valence-electron chi connectivity index (χ1n) is 7.96. The highest BCUT2D eigenvalue weighted by atomic mass is 32.2. The zero-order valence-electron chi connectivity index (χ0n) is 13.1. The van der Waals surface area contributed by atoms with E-state index in [0.29, 0.717) is 24.3 Å². The van der Waals surface area contributed by atoms with Crippen LogP contribution in [0.5, 0.6) is 0 Å². The molecule has 0 spiro atoms. The van der Waals surface area contributed by atoms with E-state index in [9.17, 15) is 9.90 Å². The lowest BCUT2D eigenvalue weighted by atomic mass is 9.96. The van der Waals surface area contributed by atoms with Gasteiger partial charge in [-0.15, -0.1) is 0 Å². The Kier molecular flexibility index (Phi) is 7.06. The fourth-order valence-electron chi connectivity index (χ4n) is 3.01. The van der Waals surface area contributed by atoms with Gasteiger partial charge in [0.15, 0.2) is 0 Å². The van der Waals surface area contributed by atoms with Crippen LogP contribution in [0.2, 0.25) is 0 Å². The lowest BCUT2D eigenvalue weighted by Crippen LogP contribution is -2.42. The zero-order chi connectivity index (χ0) is 15.8. The lowest BCUT2D eigenvalue weighted by Gasteiger charge is -2.19. The molecule has 0 aliphatic heterocycles. The molecule has 1 fully saturated rings. The highest BCUT2D eigenvalue weighted by Gasteiger charge is 2.25. The number of amides is 2. The standard InChI is InChI=1S/C17H26N2O2S/c1-22-16-8-7-15(11-16)19-17(21)18-12-14(9-10-20)13-5-3-2-4-6-13/h2-6,14-16,20H,7-12H2,1H3,(H2,18,19,21). The first kappa shape index (κ1) is 17.2. The summed E-state index contributed by atoms with van der Waals surface area (Å²) in [5.74, 6) is 0.152. The molecule has 1 aromatic carbocycles. The highest BCUT2D eigenvalue weighted by Crippen LogP contribution is 2.28. The molecule has 0 bridgehead atoms. The summed E-state index contributed by atoms with van der Waals surface area (Å²) in [4.78, 5) is 12.0. The van der Waals surface area contributed by atoms with E-state index < -0.39 is 0 Å². The molecular formula is C17H26N2O2S. The van der Waals surface area contributed by atoms with Crippen LogP contribution in [-0.2, 0) is 0 Å². The number of carbonyl (C=O) groups is 1. The number of rotatable bonds is 7. The third-order valence-electron chi connectivity index (χ3n) is 4.31. The topological polar surface area (TPSA) is 61.4 Å². The predicted octanol–water partition coefficient (Wildman–Crippen LogP) is 2.74. The van der Waals surface area contributed by atoms with Crippen molar-refractivity contribution >= 4 is 17.8 Å². The Labute approximate surface area is 137 Å². The first-order chi connectivity index (χ1) is 10.7. The van der Waals surface area contributed by atoms with Crippen molar-refractivity contribution in [3.05, 3.63) is 35.9 Å². The molecule has 3 atom stereocenters. The largest absolute Gasteiger partial charge is 0.396 e. The van der Waals surface area contributed by atoms with E-state index in [4.69, 9.17) is 0 Å². The van der Waals surface area contributed by atoms with Crippen molar-refractivity contribution in [1.82, 2.24) is 10.6 Å². The summed E-state index contributed by atoms with van der Waals surface area (Å²) in [6.45, 7) is 0.677. The van der Waals surface area contributed by atoms with Gasteiger partial charge in [0.05, 0.1) is 0 Å². The van der Waals surface area contributed by atoms with Gasteiger partial charge in [0.1, 0.15) is 0 Å². The molecule has 122 valence electrons. The van der Waals surface area contributed by atoms with Crippen LogP contribution in [0.4, 0.5) is 4.79 Å². The Balaban J connectivity index is 1.78. The van der Waals surface area contributed by atoms with Crippen LogP contribution in [0.25, 0.3) is 0 Å². The number of urea groups is 1. The number of hydrogen-bond acceptors (Lipinski definition) is 3. The van der Waals surface area contributed by atoms with Crippen LogP contribution in [-0.4, -0.2) is 41.8 Å². The molecule has 22 heavy (non-hydrogen) atoms.